The summed E-state index contributed by atoms with van der Waals surface area (Å²) in [5.41, 5.74) is 6.52. The fourth-order valence-corrected chi connectivity index (χ4v) is 2.20. The highest BCUT2D eigenvalue weighted by molar-refractivity contribution is 8.00. The molecule has 5 nitrogen and oxygen atoms in total. The minimum atomic E-state index is -0.0927. The molecule has 1 heterocycles. The van der Waals surface area contributed by atoms with E-state index in [2.05, 4.69) is 10.5 Å². The van der Waals surface area contributed by atoms with Crippen LogP contribution in [0.15, 0.2) is 10.6 Å². The van der Waals surface area contributed by atoms with E-state index in [4.69, 9.17) is 10.3 Å². The fraction of sp³-hybridized carbons (Fsp3) is 0.692. The summed E-state index contributed by atoms with van der Waals surface area (Å²) in [6.45, 7) is 8.16. The molecule has 1 aromatic heterocycles. The van der Waals surface area contributed by atoms with Crippen LogP contribution in [-0.2, 0) is 10.2 Å². The molecule has 108 valence electrons. The Labute approximate surface area is 118 Å². The number of carbonyl (C=O) groups excluding carboxylic acids is 1. The van der Waals surface area contributed by atoms with Crippen LogP contribution in [0.3, 0.4) is 0 Å². The first kappa shape index (κ1) is 16.0. The fourth-order valence-electron chi connectivity index (χ4n) is 1.28. The highest BCUT2D eigenvalue weighted by Gasteiger charge is 2.19. The third kappa shape index (κ3) is 5.65. The number of hydrogen-bond donors (Lipinski definition) is 2. The summed E-state index contributed by atoms with van der Waals surface area (Å²) in [4.78, 5) is 11.7. The van der Waals surface area contributed by atoms with Crippen molar-refractivity contribution in [1.82, 2.24) is 5.16 Å². The third-order valence-corrected chi connectivity index (χ3v) is 3.76. The highest BCUT2D eigenvalue weighted by Crippen LogP contribution is 2.23. The van der Waals surface area contributed by atoms with Crippen LogP contribution < -0.4 is 11.1 Å². The number of hydrogen-bond acceptors (Lipinski definition) is 5. The van der Waals surface area contributed by atoms with Crippen molar-refractivity contribution in [2.75, 3.05) is 16.8 Å². The molecule has 0 aliphatic carbocycles. The summed E-state index contributed by atoms with van der Waals surface area (Å²) in [5, 5.41) is 6.64. The van der Waals surface area contributed by atoms with Gasteiger partial charge in [0.15, 0.2) is 0 Å². The molecule has 0 fully saturated rings. The standard InChI is InChI=1S/C13H23N3O2S/c1-5-9(14)7-19-8-11(17)15-12-6-10(16-18-12)13(2,3)4/h6,9H,5,7-8,14H2,1-4H3,(H,15,17). The average molecular weight is 285 g/mol. The van der Waals surface area contributed by atoms with Crippen molar-refractivity contribution in [1.29, 1.82) is 0 Å². The van der Waals surface area contributed by atoms with Crippen LogP contribution >= 0.6 is 11.8 Å². The van der Waals surface area contributed by atoms with Gasteiger partial charge in [-0.05, 0) is 6.42 Å². The zero-order valence-corrected chi connectivity index (χ0v) is 12.8. The summed E-state index contributed by atoms with van der Waals surface area (Å²) in [6.07, 6.45) is 0.922. The molecule has 1 amide bonds. The molecule has 1 unspecified atom stereocenters. The number of nitrogens with zero attached hydrogens (tertiary/aromatic N) is 1. The predicted molar refractivity (Wildman–Crippen MR) is 79.4 cm³/mol. The Bertz CT molecular complexity index is 412. The van der Waals surface area contributed by atoms with Gasteiger partial charge in [-0.25, -0.2) is 0 Å². The van der Waals surface area contributed by atoms with Gasteiger partial charge in [0.25, 0.3) is 0 Å². The van der Waals surface area contributed by atoms with Gasteiger partial charge in [0.2, 0.25) is 11.8 Å². The zero-order valence-electron chi connectivity index (χ0n) is 12.0. The van der Waals surface area contributed by atoms with Crippen molar-refractivity contribution < 1.29 is 9.32 Å². The number of aromatic nitrogens is 1. The van der Waals surface area contributed by atoms with Crippen LogP contribution in [0.1, 0.15) is 39.8 Å². The van der Waals surface area contributed by atoms with E-state index in [0.29, 0.717) is 11.6 Å². The monoisotopic (exact) mass is 285 g/mol. The lowest BCUT2D eigenvalue weighted by molar-refractivity contribution is -0.113. The summed E-state index contributed by atoms with van der Waals surface area (Å²) >= 11 is 1.53. The van der Waals surface area contributed by atoms with Gasteiger partial charge in [0.05, 0.1) is 11.4 Å². The second-order valence-electron chi connectivity index (χ2n) is 5.56. The molecule has 19 heavy (non-hydrogen) atoms. The van der Waals surface area contributed by atoms with E-state index in [-0.39, 0.29) is 17.4 Å². The number of amides is 1. The summed E-state index contributed by atoms with van der Waals surface area (Å²) in [7, 11) is 0. The highest BCUT2D eigenvalue weighted by atomic mass is 32.2. The molecule has 6 heteroatoms. The molecule has 3 N–H and O–H groups in total. The van der Waals surface area contributed by atoms with Gasteiger partial charge in [-0.15, -0.1) is 0 Å². The lowest BCUT2D eigenvalue weighted by Crippen LogP contribution is -2.23. The molecule has 0 spiro atoms. The van der Waals surface area contributed by atoms with Gasteiger partial charge in [-0.1, -0.05) is 32.9 Å². The summed E-state index contributed by atoms with van der Waals surface area (Å²) in [5.74, 6) is 1.47. The smallest absolute Gasteiger partial charge is 0.236 e. The number of rotatable bonds is 6. The van der Waals surface area contributed by atoms with Crippen LogP contribution in [-0.4, -0.2) is 28.6 Å². The first-order valence-corrected chi connectivity index (χ1v) is 7.58. The van der Waals surface area contributed by atoms with Gasteiger partial charge in [0.1, 0.15) is 0 Å². The van der Waals surface area contributed by atoms with E-state index < -0.39 is 0 Å². The van der Waals surface area contributed by atoms with E-state index in [9.17, 15) is 4.79 Å². The summed E-state index contributed by atoms with van der Waals surface area (Å²) < 4.78 is 5.09. The van der Waals surface area contributed by atoms with E-state index in [1.165, 1.54) is 11.8 Å². The quantitative estimate of drug-likeness (QED) is 0.838. The Kier molecular flexibility index (Phi) is 5.87. The second-order valence-corrected chi connectivity index (χ2v) is 6.59. The lowest BCUT2D eigenvalue weighted by atomic mass is 9.92. The van der Waals surface area contributed by atoms with Crippen molar-refractivity contribution in [2.45, 2.75) is 45.6 Å². The Hall–Kier alpha value is -1.01. The maximum atomic E-state index is 11.7. The molecule has 0 radical (unpaired) electrons. The molecular formula is C13H23N3O2S. The van der Waals surface area contributed by atoms with Crippen LogP contribution in [0.25, 0.3) is 0 Å². The Morgan fingerprint density at radius 3 is 2.79 bits per heavy atom. The van der Waals surface area contributed by atoms with E-state index >= 15 is 0 Å². The summed E-state index contributed by atoms with van der Waals surface area (Å²) in [6, 6.07) is 1.91. The van der Waals surface area contributed by atoms with Crippen LogP contribution in [0.2, 0.25) is 0 Å². The van der Waals surface area contributed by atoms with Gasteiger partial charge in [-0.3, -0.25) is 10.1 Å². The molecule has 0 bridgehead atoms. The largest absolute Gasteiger partial charge is 0.338 e. The third-order valence-electron chi connectivity index (χ3n) is 2.63. The number of carbonyl (C=O) groups is 1. The topological polar surface area (TPSA) is 81.2 Å². The number of anilines is 1. The van der Waals surface area contributed by atoms with Crippen molar-refractivity contribution in [3.63, 3.8) is 0 Å². The van der Waals surface area contributed by atoms with Crippen molar-refractivity contribution in [2.24, 2.45) is 5.73 Å². The molecule has 0 saturated carbocycles. The minimum absolute atomic E-state index is 0.0882. The molecule has 1 atom stereocenters. The van der Waals surface area contributed by atoms with Crippen molar-refractivity contribution in [3.8, 4) is 0 Å². The maximum absolute atomic E-state index is 11.7. The van der Waals surface area contributed by atoms with Crippen LogP contribution in [0.5, 0.6) is 0 Å². The predicted octanol–water partition coefficient (Wildman–Crippen LogP) is 2.38. The average Bonchev–Trinajstić information content (AvgIpc) is 2.77. The number of thioether (sulfide) groups is 1. The molecular weight excluding hydrogens is 262 g/mol. The first-order chi connectivity index (χ1) is 8.82. The van der Waals surface area contributed by atoms with Crippen LogP contribution in [0, 0.1) is 0 Å². The number of nitrogens with one attached hydrogen (secondary N) is 1. The second kappa shape index (κ2) is 6.96. The van der Waals surface area contributed by atoms with E-state index in [1.807, 2.05) is 27.7 Å². The molecule has 0 saturated heterocycles. The lowest BCUT2D eigenvalue weighted by Gasteiger charge is -2.12. The van der Waals surface area contributed by atoms with Gasteiger partial charge in [-0.2, -0.15) is 11.8 Å². The van der Waals surface area contributed by atoms with E-state index in [1.54, 1.807) is 6.07 Å². The molecule has 1 aromatic rings. The van der Waals surface area contributed by atoms with Gasteiger partial charge < -0.3 is 10.3 Å². The SMILES string of the molecule is CCC(N)CSCC(=O)Nc1cc(C(C)(C)C)no1. The Morgan fingerprint density at radius 2 is 2.26 bits per heavy atom. The Balaban J connectivity index is 2.38. The minimum Gasteiger partial charge on any atom is -0.338 e. The molecule has 0 aliphatic heterocycles. The molecule has 1 rings (SSSR count). The maximum Gasteiger partial charge on any atom is 0.236 e. The van der Waals surface area contributed by atoms with Crippen LogP contribution in [0.4, 0.5) is 5.88 Å². The first-order valence-electron chi connectivity index (χ1n) is 6.43. The number of nitrogens with two attached hydrogens (primary N) is 1. The molecule has 0 aromatic carbocycles. The van der Waals surface area contributed by atoms with Gasteiger partial charge in [0, 0.05) is 23.3 Å². The molecule has 0 aliphatic rings. The Morgan fingerprint density at radius 1 is 1.58 bits per heavy atom. The van der Waals surface area contributed by atoms with E-state index in [0.717, 1.165) is 17.9 Å². The van der Waals surface area contributed by atoms with Crippen molar-refractivity contribution >= 4 is 23.6 Å². The van der Waals surface area contributed by atoms with Gasteiger partial charge >= 0.3 is 0 Å². The normalized spacial score (nSPS) is 13.3. The zero-order chi connectivity index (χ0) is 14.5. The van der Waals surface area contributed by atoms with Crippen molar-refractivity contribution in [3.05, 3.63) is 11.8 Å².